The lowest BCUT2D eigenvalue weighted by Gasteiger charge is -2.17. The Morgan fingerprint density at radius 1 is 1.25 bits per heavy atom. The Hall–Kier alpha value is -1.75. The van der Waals surface area contributed by atoms with Gasteiger partial charge in [-0.05, 0) is 53.2 Å². The molecule has 2 rings (SSSR count). The Balaban J connectivity index is 2.19. The van der Waals surface area contributed by atoms with Crippen LogP contribution in [0, 0.1) is 5.82 Å². The van der Waals surface area contributed by atoms with Gasteiger partial charge in [-0.3, -0.25) is 0 Å². The predicted octanol–water partition coefficient (Wildman–Crippen LogP) is 4.48. The van der Waals surface area contributed by atoms with E-state index < -0.39 is 0 Å². The average molecular weight is 340 g/mol. The molecule has 0 bridgehead atoms. The smallest absolute Gasteiger partial charge is 0.137 e. The van der Waals surface area contributed by atoms with E-state index in [1.165, 1.54) is 6.07 Å². The van der Waals surface area contributed by atoms with E-state index in [4.69, 9.17) is 4.74 Å². The maximum atomic E-state index is 13.2. The van der Waals surface area contributed by atoms with Crippen LogP contribution in [-0.4, -0.2) is 12.2 Å². The highest BCUT2D eigenvalue weighted by molar-refractivity contribution is 9.10. The van der Waals surface area contributed by atoms with Gasteiger partial charge >= 0.3 is 0 Å². The highest BCUT2D eigenvalue weighted by atomic mass is 79.9. The molecule has 0 heterocycles. The Morgan fingerprint density at radius 3 is 2.60 bits per heavy atom. The van der Waals surface area contributed by atoms with Crippen LogP contribution in [0.15, 0.2) is 40.9 Å². The van der Waals surface area contributed by atoms with Crippen molar-refractivity contribution in [3.05, 3.63) is 52.3 Å². The van der Waals surface area contributed by atoms with Gasteiger partial charge in [-0.1, -0.05) is 0 Å². The molecule has 0 aromatic heterocycles. The van der Waals surface area contributed by atoms with Gasteiger partial charge in [0.1, 0.15) is 17.3 Å². The van der Waals surface area contributed by atoms with Gasteiger partial charge in [-0.2, -0.15) is 0 Å². The van der Waals surface area contributed by atoms with Crippen molar-refractivity contribution in [2.45, 2.75) is 13.0 Å². The van der Waals surface area contributed by atoms with Crippen LogP contribution in [0.25, 0.3) is 0 Å². The number of benzene rings is 2. The van der Waals surface area contributed by atoms with Crippen molar-refractivity contribution in [1.29, 1.82) is 0 Å². The number of ether oxygens (including phenoxy) is 1. The first-order chi connectivity index (χ1) is 9.51. The Bertz CT molecular complexity index is 619. The SMILES string of the molecule is COc1ccc(C(C)Nc2ccc(F)c(Br)c2)c(O)c1. The van der Waals surface area contributed by atoms with Crippen molar-refractivity contribution in [3.8, 4) is 11.5 Å². The predicted molar refractivity (Wildman–Crippen MR) is 80.8 cm³/mol. The second kappa shape index (κ2) is 6.13. The Kier molecular flexibility index (Phi) is 4.49. The van der Waals surface area contributed by atoms with E-state index in [1.54, 1.807) is 37.4 Å². The van der Waals surface area contributed by atoms with Crippen molar-refractivity contribution in [3.63, 3.8) is 0 Å². The van der Waals surface area contributed by atoms with E-state index in [1.807, 2.05) is 6.92 Å². The number of halogens is 2. The molecular weight excluding hydrogens is 325 g/mol. The molecule has 0 aliphatic carbocycles. The number of hydrogen-bond donors (Lipinski definition) is 2. The largest absolute Gasteiger partial charge is 0.507 e. The van der Waals surface area contributed by atoms with E-state index in [9.17, 15) is 9.50 Å². The van der Waals surface area contributed by atoms with Crippen LogP contribution in [0.4, 0.5) is 10.1 Å². The molecule has 2 aromatic rings. The molecule has 0 amide bonds. The molecule has 5 heteroatoms. The minimum absolute atomic E-state index is 0.127. The van der Waals surface area contributed by atoms with Crippen molar-refractivity contribution in [1.82, 2.24) is 0 Å². The second-order valence-corrected chi connectivity index (χ2v) is 5.27. The standard InChI is InChI=1S/C15H15BrFNO2/c1-9(12-5-4-11(20-2)8-15(12)19)18-10-3-6-14(17)13(16)7-10/h3-9,18-19H,1-2H3. The summed E-state index contributed by atoms with van der Waals surface area (Å²) in [4.78, 5) is 0. The summed E-state index contributed by atoms with van der Waals surface area (Å²) in [5, 5.41) is 13.2. The van der Waals surface area contributed by atoms with Crippen LogP contribution >= 0.6 is 15.9 Å². The molecule has 0 saturated carbocycles. The van der Waals surface area contributed by atoms with Gasteiger partial charge in [0.25, 0.3) is 0 Å². The summed E-state index contributed by atoms with van der Waals surface area (Å²) in [6.07, 6.45) is 0. The third kappa shape index (κ3) is 3.22. The van der Waals surface area contributed by atoms with Crippen molar-refractivity contribution in [2.75, 3.05) is 12.4 Å². The van der Waals surface area contributed by atoms with Gasteiger partial charge in [0, 0.05) is 17.3 Å². The van der Waals surface area contributed by atoms with Crippen LogP contribution in [0.5, 0.6) is 11.5 Å². The number of hydrogen-bond acceptors (Lipinski definition) is 3. The van der Waals surface area contributed by atoms with Crippen LogP contribution in [-0.2, 0) is 0 Å². The fourth-order valence-electron chi connectivity index (χ4n) is 1.93. The van der Waals surface area contributed by atoms with Gasteiger partial charge in [-0.25, -0.2) is 4.39 Å². The summed E-state index contributed by atoms with van der Waals surface area (Å²) in [6.45, 7) is 1.92. The number of aromatic hydroxyl groups is 1. The molecule has 3 nitrogen and oxygen atoms in total. The van der Waals surface area contributed by atoms with Gasteiger partial charge in [0.15, 0.2) is 0 Å². The minimum atomic E-state index is -0.310. The molecular formula is C15H15BrFNO2. The van der Waals surface area contributed by atoms with Crippen LogP contribution in [0.3, 0.4) is 0 Å². The first-order valence-electron chi connectivity index (χ1n) is 6.09. The lowest BCUT2D eigenvalue weighted by Crippen LogP contribution is -2.07. The summed E-state index contributed by atoms with van der Waals surface area (Å²) in [5.41, 5.74) is 1.51. The third-order valence-corrected chi connectivity index (χ3v) is 3.61. The molecule has 0 saturated heterocycles. The first-order valence-corrected chi connectivity index (χ1v) is 6.89. The van der Waals surface area contributed by atoms with Gasteiger partial charge in [0.05, 0.1) is 17.6 Å². The Morgan fingerprint density at radius 2 is 2.00 bits per heavy atom. The number of phenolic OH excluding ortho intramolecular Hbond substituents is 1. The van der Waals surface area contributed by atoms with Crippen molar-refractivity contribution in [2.24, 2.45) is 0 Å². The van der Waals surface area contributed by atoms with Gasteiger partial charge in [-0.15, -0.1) is 0 Å². The molecule has 0 spiro atoms. The molecule has 0 fully saturated rings. The highest BCUT2D eigenvalue weighted by Crippen LogP contribution is 2.31. The molecule has 2 N–H and O–H groups in total. The van der Waals surface area contributed by atoms with Crippen LogP contribution in [0.1, 0.15) is 18.5 Å². The molecule has 0 aliphatic heterocycles. The molecule has 0 radical (unpaired) electrons. The summed E-state index contributed by atoms with van der Waals surface area (Å²) < 4.78 is 18.6. The molecule has 1 atom stereocenters. The third-order valence-electron chi connectivity index (χ3n) is 3.01. The summed E-state index contributed by atoms with van der Waals surface area (Å²) in [7, 11) is 1.55. The first kappa shape index (κ1) is 14.7. The lowest BCUT2D eigenvalue weighted by atomic mass is 10.1. The average Bonchev–Trinajstić information content (AvgIpc) is 2.42. The molecule has 2 aromatic carbocycles. The zero-order valence-corrected chi connectivity index (χ0v) is 12.7. The van der Waals surface area contributed by atoms with Crippen molar-refractivity contribution < 1.29 is 14.2 Å². The lowest BCUT2D eigenvalue weighted by molar-refractivity contribution is 0.406. The normalized spacial score (nSPS) is 12.0. The van der Waals surface area contributed by atoms with Crippen LogP contribution in [0.2, 0.25) is 0 Å². The topological polar surface area (TPSA) is 41.5 Å². The number of anilines is 1. The maximum absolute atomic E-state index is 13.2. The number of rotatable bonds is 4. The van der Waals surface area contributed by atoms with E-state index in [0.29, 0.717) is 10.2 Å². The summed E-state index contributed by atoms with van der Waals surface area (Å²) in [6, 6.07) is 9.71. The molecule has 1 unspecified atom stereocenters. The van der Waals surface area contributed by atoms with Crippen LogP contribution < -0.4 is 10.1 Å². The monoisotopic (exact) mass is 339 g/mol. The fourth-order valence-corrected chi connectivity index (χ4v) is 2.31. The highest BCUT2D eigenvalue weighted by Gasteiger charge is 2.12. The molecule has 20 heavy (non-hydrogen) atoms. The van der Waals surface area contributed by atoms with E-state index >= 15 is 0 Å². The minimum Gasteiger partial charge on any atom is -0.507 e. The van der Waals surface area contributed by atoms with E-state index in [2.05, 4.69) is 21.2 Å². The zero-order chi connectivity index (χ0) is 14.7. The molecule has 106 valence electrons. The van der Waals surface area contributed by atoms with E-state index in [0.717, 1.165) is 11.3 Å². The number of methoxy groups -OCH3 is 1. The van der Waals surface area contributed by atoms with Gasteiger partial charge < -0.3 is 15.2 Å². The number of phenols is 1. The quantitative estimate of drug-likeness (QED) is 0.863. The zero-order valence-electron chi connectivity index (χ0n) is 11.2. The van der Waals surface area contributed by atoms with E-state index in [-0.39, 0.29) is 17.6 Å². The van der Waals surface area contributed by atoms with Crippen molar-refractivity contribution >= 4 is 21.6 Å². The maximum Gasteiger partial charge on any atom is 0.137 e. The Labute approximate surface area is 125 Å². The van der Waals surface area contributed by atoms with Gasteiger partial charge in [0.2, 0.25) is 0 Å². The summed E-state index contributed by atoms with van der Waals surface area (Å²) in [5.74, 6) is 0.448. The second-order valence-electron chi connectivity index (χ2n) is 4.42. The summed E-state index contributed by atoms with van der Waals surface area (Å²) >= 11 is 3.14. The fraction of sp³-hybridized carbons (Fsp3) is 0.200. The molecule has 0 aliphatic rings. The number of nitrogens with one attached hydrogen (secondary N) is 1.